The molecule has 1 unspecified atom stereocenters. The van der Waals surface area contributed by atoms with E-state index in [4.69, 9.17) is 0 Å². The molecule has 6 nitrogen and oxygen atoms in total. The molecule has 6 heteroatoms. The molecule has 0 spiro atoms. The van der Waals surface area contributed by atoms with Gasteiger partial charge >= 0.3 is 6.09 Å². The van der Waals surface area contributed by atoms with Gasteiger partial charge in [0, 0.05) is 19.3 Å². The van der Waals surface area contributed by atoms with E-state index in [1.54, 1.807) is 18.3 Å². The maximum Gasteiger partial charge on any atom is 0.407 e. The average molecular weight is 249 g/mol. The number of anilines is 1. The van der Waals surface area contributed by atoms with E-state index in [1.165, 1.54) is 7.11 Å². The lowest BCUT2D eigenvalue weighted by atomic mass is 10.2. The first kappa shape index (κ1) is 12.3. The normalized spacial score (nSPS) is 18.5. The fourth-order valence-corrected chi connectivity index (χ4v) is 2.06. The van der Waals surface area contributed by atoms with Crippen LogP contribution in [-0.2, 0) is 4.74 Å². The van der Waals surface area contributed by atoms with Crippen molar-refractivity contribution in [3.8, 4) is 0 Å². The van der Waals surface area contributed by atoms with Gasteiger partial charge in [-0.3, -0.25) is 4.79 Å². The molecule has 1 saturated heterocycles. The highest BCUT2D eigenvalue weighted by atomic mass is 16.5. The van der Waals surface area contributed by atoms with Gasteiger partial charge in [-0.2, -0.15) is 0 Å². The van der Waals surface area contributed by atoms with Crippen LogP contribution in [0.25, 0.3) is 0 Å². The number of carbonyl (C=O) groups is 2. The minimum atomic E-state index is -0.432. The van der Waals surface area contributed by atoms with E-state index in [0.29, 0.717) is 17.9 Å². The van der Waals surface area contributed by atoms with Crippen LogP contribution in [0.1, 0.15) is 16.8 Å². The molecule has 0 saturated carbocycles. The summed E-state index contributed by atoms with van der Waals surface area (Å²) in [5.41, 5.74) is 0.566. The van der Waals surface area contributed by atoms with Crippen LogP contribution >= 0.6 is 0 Å². The number of aldehydes is 1. The Morgan fingerprint density at radius 1 is 1.67 bits per heavy atom. The maximum atomic E-state index is 11.1. The van der Waals surface area contributed by atoms with Crippen molar-refractivity contribution >= 4 is 18.2 Å². The average Bonchev–Trinajstić information content (AvgIpc) is 2.86. The third-order valence-corrected chi connectivity index (χ3v) is 2.94. The van der Waals surface area contributed by atoms with Gasteiger partial charge in [-0.1, -0.05) is 0 Å². The van der Waals surface area contributed by atoms with Crippen molar-refractivity contribution in [1.29, 1.82) is 0 Å². The highest BCUT2D eigenvalue weighted by Crippen LogP contribution is 2.20. The fraction of sp³-hybridized carbons (Fsp3) is 0.417. The van der Waals surface area contributed by atoms with Crippen LogP contribution in [-0.4, -0.2) is 43.6 Å². The van der Waals surface area contributed by atoms with Crippen molar-refractivity contribution in [2.24, 2.45) is 0 Å². The van der Waals surface area contributed by atoms with E-state index >= 15 is 0 Å². The molecular formula is C12H15N3O3. The van der Waals surface area contributed by atoms with Crippen LogP contribution in [0.4, 0.5) is 10.6 Å². The number of hydrogen-bond donors (Lipinski definition) is 1. The summed E-state index contributed by atoms with van der Waals surface area (Å²) in [5.74, 6) is 0.668. The number of nitrogens with zero attached hydrogens (tertiary/aromatic N) is 2. The molecule has 1 aromatic heterocycles. The molecule has 18 heavy (non-hydrogen) atoms. The van der Waals surface area contributed by atoms with Gasteiger partial charge in [-0.05, 0) is 18.6 Å². The Balaban J connectivity index is 2.04. The van der Waals surface area contributed by atoms with E-state index in [1.807, 2.05) is 4.90 Å². The smallest absolute Gasteiger partial charge is 0.407 e. The topological polar surface area (TPSA) is 71.5 Å². The Kier molecular flexibility index (Phi) is 3.76. The molecule has 0 aromatic carbocycles. The molecule has 0 radical (unpaired) electrons. The monoisotopic (exact) mass is 249 g/mol. The molecule has 1 aromatic rings. The molecule has 1 N–H and O–H groups in total. The number of ether oxygens (including phenoxy) is 1. The first-order valence-electron chi connectivity index (χ1n) is 5.74. The second kappa shape index (κ2) is 5.48. The van der Waals surface area contributed by atoms with Crippen LogP contribution < -0.4 is 10.2 Å². The summed E-state index contributed by atoms with van der Waals surface area (Å²) in [6.45, 7) is 1.39. The molecule has 1 aliphatic rings. The number of rotatable bonds is 3. The molecule has 96 valence electrons. The quantitative estimate of drug-likeness (QED) is 0.803. The van der Waals surface area contributed by atoms with Crippen LogP contribution in [0.5, 0.6) is 0 Å². The number of methoxy groups -OCH3 is 1. The number of pyridine rings is 1. The maximum absolute atomic E-state index is 11.1. The Bertz CT molecular complexity index is 450. The summed E-state index contributed by atoms with van der Waals surface area (Å²) in [4.78, 5) is 28.3. The molecule has 0 aliphatic carbocycles. The molecular weight excluding hydrogens is 234 g/mol. The summed E-state index contributed by atoms with van der Waals surface area (Å²) in [5, 5.41) is 2.75. The summed E-state index contributed by atoms with van der Waals surface area (Å²) >= 11 is 0. The van der Waals surface area contributed by atoms with E-state index in [2.05, 4.69) is 15.0 Å². The number of hydrogen-bond acceptors (Lipinski definition) is 5. The fourth-order valence-electron chi connectivity index (χ4n) is 2.06. The van der Waals surface area contributed by atoms with Gasteiger partial charge in [-0.15, -0.1) is 0 Å². The summed E-state index contributed by atoms with van der Waals surface area (Å²) in [6, 6.07) is 3.49. The van der Waals surface area contributed by atoms with Crippen LogP contribution in [0.3, 0.4) is 0 Å². The summed E-state index contributed by atoms with van der Waals surface area (Å²) < 4.78 is 4.56. The predicted molar refractivity (Wildman–Crippen MR) is 65.8 cm³/mol. The first-order chi connectivity index (χ1) is 8.74. The van der Waals surface area contributed by atoms with Crippen LogP contribution in [0.2, 0.25) is 0 Å². The molecule has 2 rings (SSSR count). The molecule has 1 atom stereocenters. The van der Waals surface area contributed by atoms with E-state index in [-0.39, 0.29) is 6.04 Å². The largest absolute Gasteiger partial charge is 0.453 e. The van der Waals surface area contributed by atoms with Crippen molar-refractivity contribution < 1.29 is 14.3 Å². The van der Waals surface area contributed by atoms with Gasteiger partial charge < -0.3 is 15.0 Å². The van der Waals surface area contributed by atoms with Gasteiger partial charge in [0.2, 0.25) is 0 Å². The third kappa shape index (κ3) is 2.58. The highest BCUT2D eigenvalue weighted by Gasteiger charge is 2.26. The van der Waals surface area contributed by atoms with Crippen molar-refractivity contribution in [3.05, 3.63) is 23.9 Å². The first-order valence-corrected chi connectivity index (χ1v) is 5.74. The molecule has 1 aliphatic heterocycles. The van der Waals surface area contributed by atoms with Gasteiger partial charge in [0.05, 0.1) is 18.7 Å². The lowest BCUT2D eigenvalue weighted by Gasteiger charge is -2.18. The van der Waals surface area contributed by atoms with Crippen molar-refractivity contribution in [2.75, 3.05) is 25.1 Å². The number of nitrogens with one attached hydrogen (secondary N) is 1. The summed E-state index contributed by atoms with van der Waals surface area (Å²) in [6.07, 6.45) is 2.83. The second-order valence-electron chi connectivity index (χ2n) is 4.10. The van der Waals surface area contributed by atoms with Gasteiger partial charge in [-0.25, -0.2) is 9.78 Å². The SMILES string of the molecule is COC(=O)NC1CCN(c2ncccc2C=O)C1. The zero-order chi connectivity index (χ0) is 13.0. The number of amides is 1. The lowest BCUT2D eigenvalue weighted by molar-refractivity contribution is 0.112. The standard InChI is InChI=1S/C12H15N3O3/c1-18-12(17)14-10-4-6-15(7-10)11-9(8-16)3-2-5-13-11/h2-3,5,8,10H,4,6-7H2,1H3,(H,14,17). The zero-order valence-electron chi connectivity index (χ0n) is 10.1. The molecule has 2 heterocycles. The number of aromatic nitrogens is 1. The van der Waals surface area contributed by atoms with Crippen LogP contribution in [0, 0.1) is 0 Å². The van der Waals surface area contributed by atoms with Crippen LogP contribution in [0.15, 0.2) is 18.3 Å². The van der Waals surface area contributed by atoms with Gasteiger partial charge in [0.15, 0.2) is 6.29 Å². The minimum Gasteiger partial charge on any atom is -0.453 e. The van der Waals surface area contributed by atoms with E-state index in [9.17, 15) is 9.59 Å². The van der Waals surface area contributed by atoms with Crippen molar-refractivity contribution in [2.45, 2.75) is 12.5 Å². The van der Waals surface area contributed by atoms with Crippen molar-refractivity contribution in [1.82, 2.24) is 10.3 Å². The van der Waals surface area contributed by atoms with Gasteiger partial charge in [0.25, 0.3) is 0 Å². The highest BCUT2D eigenvalue weighted by molar-refractivity contribution is 5.82. The Hall–Kier alpha value is -2.11. The molecule has 0 bridgehead atoms. The minimum absolute atomic E-state index is 0.0268. The summed E-state index contributed by atoms with van der Waals surface area (Å²) in [7, 11) is 1.34. The molecule has 1 amide bonds. The Morgan fingerprint density at radius 2 is 2.50 bits per heavy atom. The second-order valence-corrected chi connectivity index (χ2v) is 4.10. The number of alkyl carbamates (subject to hydrolysis) is 1. The van der Waals surface area contributed by atoms with Gasteiger partial charge in [0.1, 0.15) is 5.82 Å². The number of carbonyl (C=O) groups excluding carboxylic acids is 2. The molecule has 1 fully saturated rings. The zero-order valence-corrected chi connectivity index (χ0v) is 10.1. The van der Waals surface area contributed by atoms with E-state index < -0.39 is 6.09 Å². The third-order valence-electron chi connectivity index (χ3n) is 2.94. The predicted octanol–water partition coefficient (Wildman–Crippen LogP) is 0.829. The lowest BCUT2D eigenvalue weighted by Crippen LogP contribution is -2.37. The Labute approximate surface area is 105 Å². The van der Waals surface area contributed by atoms with Crippen molar-refractivity contribution in [3.63, 3.8) is 0 Å². The Morgan fingerprint density at radius 3 is 3.22 bits per heavy atom. The van der Waals surface area contributed by atoms with E-state index in [0.717, 1.165) is 19.3 Å².